The summed E-state index contributed by atoms with van der Waals surface area (Å²) in [5.74, 6) is 0. The van der Waals surface area contributed by atoms with E-state index in [2.05, 4.69) is 19.2 Å². The van der Waals surface area contributed by atoms with Gasteiger partial charge in [0.05, 0.1) is 0 Å². The maximum atomic E-state index is 3.49. The molecule has 0 heterocycles. The van der Waals surface area contributed by atoms with Crippen molar-refractivity contribution in [2.75, 3.05) is 13.1 Å². The third-order valence-corrected chi connectivity index (χ3v) is 2.66. The topological polar surface area (TPSA) is 12.0 Å². The first-order valence-corrected chi connectivity index (χ1v) is 6.62. The Labute approximate surface area is 90.7 Å². The molecule has 0 aliphatic rings. The van der Waals surface area contributed by atoms with Gasteiger partial charge in [-0.1, -0.05) is 58.8 Å². The van der Waals surface area contributed by atoms with Crippen molar-refractivity contribution in [2.24, 2.45) is 0 Å². The third kappa shape index (κ3) is 12.0. The minimum absolute atomic E-state index is 1.21. The van der Waals surface area contributed by atoms with Crippen LogP contribution in [0, 0.1) is 0 Å². The summed E-state index contributed by atoms with van der Waals surface area (Å²) < 4.78 is 0. The van der Waals surface area contributed by atoms with Crippen LogP contribution < -0.4 is 5.32 Å². The SMILES string of the molecule is CCCCCCCCCNCCCC. The molecule has 0 rings (SSSR count). The van der Waals surface area contributed by atoms with Crippen molar-refractivity contribution in [3.63, 3.8) is 0 Å². The minimum atomic E-state index is 1.21. The Hall–Kier alpha value is -0.0400. The first-order chi connectivity index (χ1) is 6.91. The second-order valence-corrected chi connectivity index (χ2v) is 4.22. The van der Waals surface area contributed by atoms with Gasteiger partial charge in [0.15, 0.2) is 0 Å². The summed E-state index contributed by atoms with van der Waals surface area (Å²) in [6.45, 7) is 6.97. The van der Waals surface area contributed by atoms with Gasteiger partial charge in [-0.2, -0.15) is 0 Å². The zero-order valence-corrected chi connectivity index (χ0v) is 10.3. The highest BCUT2D eigenvalue weighted by molar-refractivity contribution is 4.49. The normalized spacial score (nSPS) is 10.7. The molecule has 0 aliphatic heterocycles. The first-order valence-electron chi connectivity index (χ1n) is 6.62. The fourth-order valence-electron chi connectivity index (χ4n) is 1.63. The molecule has 86 valence electrons. The summed E-state index contributed by atoms with van der Waals surface area (Å²) in [5, 5.41) is 3.49. The van der Waals surface area contributed by atoms with Crippen LogP contribution in [0.25, 0.3) is 0 Å². The molecule has 1 nitrogen and oxygen atoms in total. The molecule has 0 amide bonds. The summed E-state index contributed by atoms with van der Waals surface area (Å²) in [6, 6.07) is 0. The fraction of sp³-hybridized carbons (Fsp3) is 1.00. The molecule has 0 unspecified atom stereocenters. The Morgan fingerprint density at radius 3 is 1.71 bits per heavy atom. The van der Waals surface area contributed by atoms with Crippen molar-refractivity contribution in [2.45, 2.75) is 71.6 Å². The maximum absolute atomic E-state index is 3.49. The van der Waals surface area contributed by atoms with E-state index in [1.54, 1.807) is 0 Å². The summed E-state index contributed by atoms with van der Waals surface area (Å²) in [6.07, 6.45) is 12.5. The standard InChI is InChI=1S/C13H29N/c1-3-5-7-8-9-10-11-13-14-12-6-4-2/h14H,3-13H2,1-2H3. The monoisotopic (exact) mass is 199 g/mol. The molecule has 1 heteroatoms. The largest absolute Gasteiger partial charge is 0.317 e. The lowest BCUT2D eigenvalue weighted by atomic mass is 10.1. The molecular weight excluding hydrogens is 170 g/mol. The number of rotatable bonds is 11. The minimum Gasteiger partial charge on any atom is -0.317 e. The second kappa shape index (κ2) is 13.0. The summed E-state index contributed by atoms with van der Waals surface area (Å²) in [4.78, 5) is 0. The van der Waals surface area contributed by atoms with Crippen molar-refractivity contribution >= 4 is 0 Å². The van der Waals surface area contributed by atoms with Crippen LogP contribution in [-0.2, 0) is 0 Å². The summed E-state index contributed by atoms with van der Waals surface area (Å²) in [7, 11) is 0. The quantitative estimate of drug-likeness (QED) is 0.493. The Morgan fingerprint density at radius 2 is 1.07 bits per heavy atom. The summed E-state index contributed by atoms with van der Waals surface area (Å²) >= 11 is 0. The third-order valence-electron chi connectivity index (χ3n) is 2.66. The van der Waals surface area contributed by atoms with Crippen LogP contribution in [0.2, 0.25) is 0 Å². The van der Waals surface area contributed by atoms with Crippen LogP contribution in [0.5, 0.6) is 0 Å². The highest BCUT2D eigenvalue weighted by Crippen LogP contribution is 2.06. The summed E-state index contributed by atoms with van der Waals surface area (Å²) in [5.41, 5.74) is 0. The maximum Gasteiger partial charge on any atom is -0.00489 e. The number of hydrogen-bond donors (Lipinski definition) is 1. The van der Waals surface area contributed by atoms with Crippen LogP contribution in [0.1, 0.15) is 71.6 Å². The Morgan fingerprint density at radius 1 is 0.571 bits per heavy atom. The van der Waals surface area contributed by atoms with Crippen LogP contribution >= 0.6 is 0 Å². The van der Waals surface area contributed by atoms with E-state index >= 15 is 0 Å². The highest BCUT2D eigenvalue weighted by atomic mass is 14.8. The van der Waals surface area contributed by atoms with E-state index < -0.39 is 0 Å². The van der Waals surface area contributed by atoms with Crippen LogP contribution in [-0.4, -0.2) is 13.1 Å². The molecule has 1 N–H and O–H groups in total. The van der Waals surface area contributed by atoms with Gasteiger partial charge < -0.3 is 5.32 Å². The van der Waals surface area contributed by atoms with Crippen molar-refractivity contribution in [3.05, 3.63) is 0 Å². The van der Waals surface area contributed by atoms with Gasteiger partial charge in [-0.25, -0.2) is 0 Å². The lowest BCUT2D eigenvalue weighted by Gasteiger charge is -2.03. The number of hydrogen-bond acceptors (Lipinski definition) is 1. The molecule has 0 aromatic heterocycles. The lowest BCUT2D eigenvalue weighted by Crippen LogP contribution is -2.16. The average molecular weight is 199 g/mol. The zero-order valence-electron chi connectivity index (χ0n) is 10.3. The molecule has 0 saturated heterocycles. The molecule has 0 radical (unpaired) electrons. The van der Waals surface area contributed by atoms with E-state index in [-0.39, 0.29) is 0 Å². The van der Waals surface area contributed by atoms with Gasteiger partial charge >= 0.3 is 0 Å². The predicted octanol–water partition coefficient (Wildman–Crippen LogP) is 4.13. The van der Waals surface area contributed by atoms with Crippen LogP contribution in [0.15, 0.2) is 0 Å². The Kier molecular flexibility index (Phi) is 12.9. The second-order valence-electron chi connectivity index (χ2n) is 4.22. The highest BCUT2D eigenvalue weighted by Gasteiger charge is 1.90. The van der Waals surface area contributed by atoms with Crippen LogP contribution in [0.4, 0.5) is 0 Å². The van der Waals surface area contributed by atoms with E-state index in [1.165, 1.54) is 70.9 Å². The predicted molar refractivity (Wildman–Crippen MR) is 65.8 cm³/mol. The van der Waals surface area contributed by atoms with Gasteiger partial charge in [0.2, 0.25) is 0 Å². The zero-order chi connectivity index (χ0) is 10.5. The number of unbranched alkanes of at least 4 members (excludes halogenated alkanes) is 7. The van der Waals surface area contributed by atoms with Gasteiger partial charge in [0.25, 0.3) is 0 Å². The van der Waals surface area contributed by atoms with E-state index in [0.29, 0.717) is 0 Å². The molecule has 14 heavy (non-hydrogen) atoms. The van der Waals surface area contributed by atoms with Gasteiger partial charge in [-0.15, -0.1) is 0 Å². The van der Waals surface area contributed by atoms with Gasteiger partial charge in [-0.05, 0) is 25.9 Å². The molecule has 0 fully saturated rings. The van der Waals surface area contributed by atoms with Crippen molar-refractivity contribution in [1.82, 2.24) is 5.32 Å². The van der Waals surface area contributed by atoms with E-state index in [9.17, 15) is 0 Å². The Bertz CT molecular complexity index is 79.2. The Balaban J connectivity index is 2.78. The van der Waals surface area contributed by atoms with E-state index in [0.717, 1.165) is 0 Å². The van der Waals surface area contributed by atoms with Crippen LogP contribution in [0.3, 0.4) is 0 Å². The molecule has 0 aromatic rings. The van der Waals surface area contributed by atoms with Gasteiger partial charge in [0.1, 0.15) is 0 Å². The van der Waals surface area contributed by atoms with E-state index in [1.807, 2.05) is 0 Å². The average Bonchev–Trinajstić information content (AvgIpc) is 2.21. The molecule has 0 aromatic carbocycles. The van der Waals surface area contributed by atoms with E-state index in [4.69, 9.17) is 0 Å². The van der Waals surface area contributed by atoms with Crippen molar-refractivity contribution < 1.29 is 0 Å². The van der Waals surface area contributed by atoms with Gasteiger partial charge in [-0.3, -0.25) is 0 Å². The molecule has 0 saturated carbocycles. The van der Waals surface area contributed by atoms with Crippen molar-refractivity contribution in [1.29, 1.82) is 0 Å². The lowest BCUT2D eigenvalue weighted by molar-refractivity contribution is 0.556. The van der Waals surface area contributed by atoms with Crippen molar-refractivity contribution in [3.8, 4) is 0 Å². The molecule has 0 aliphatic carbocycles. The molecule has 0 atom stereocenters. The van der Waals surface area contributed by atoms with Gasteiger partial charge in [0, 0.05) is 0 Å². The first kappa shape index (κ1) is 14.0. The molecule has 0 spiro atoms. The number of nitrogens with one attached hydrogen (secondary N) is 1. The molecular formula is C13H29N. The molecule has 0 bridgehead atoms. The fourth-order valence-corrected chi connectivity index (χ4v) is 1.63. The smallest absolute Gasteiger partial charge is 0.00489 e.